The van der Waals surface area contributed by atoms with Crippen LogP contribution in [-0.4, -0.2) is 16.5 Å². The Morgan fingerprint density at radius 1 is 1.05 bits per heavy atom. The van der Waals surface area contributed by atoms with Crippen molar-refractivity contribution >= 4 is 5.82 Å². The molecule has 21 heavy (non-hydrogen) atoms. The standard InChI is InChI=1S/C18H25N3/c1-6-7-19-18-16(12(2)3)17(20-11-21-18)15-9-13(4)8-14(5)10-15/h8-12H,6-7H2,1-5H3,(H,19,20,21). The zero-order valence-electron chi connectivity index (χ0n) is 13.7. The fourth-order valence-corrected chi connectivity index (χ4v) is 2.67. The molecule has 1 aromatic carbocycles. The summed E-state index contributed by atoms with van der Waals surface area (Å²) in [5.74, 6) is 1.34. The van der Waals surface area contributed by atoms with Crippen LogP contribution in [0.2, 0.25) is 0 Å². The van der Waals surface area contributed by atoms with Gasteiger partial charge >= 0.3 is 0 Å². The van der Waals surface area contributed by atoms with E-state index in [1.54, 1.807) is 6.33 Å². The Bertz CT molecular complexity index is 598. The first-order valence-electron chi connectivity index (χ1n) is 7.70. The quantitative estimate of drug-likeness (QED) is 0.863. The summed E-state index contributed by atoms with van der Waals surface area (Å²) in [7, 11) is 0. The zero-order valence-corrected chi connectivity index (χ0v) is 13.7. The van der Waals surface area contributed by atoms with Gasteiger partial charge in [0, 0.05) is 17.7 Å². The minimum absolute atomic E-state index is 0.376. The van der Waals surface area contributed by atoms with Gasteiger partial charge in [0.15, 0.2) is 0 Å². The van der Waals surface area contributed by atoms with Crippen LogP contribution in [0.5, 0.6) is 0 Å². The molecule has 0 radical (unpaired) electrons. The van der Waals surface area contributed by atoms with Crippen LogP contribution < -0.4 is 5.32 Å². The molecule has 0 aliphatic rings. The van der Waals surface area contributed by atoms with Gasteiger partial charge < -0.3 is 5.32 Å². The third-order valence-electron chi connectivity index (χ3n) is 3.50. The summed E-state index contributed by atoms with van der Waals surface area (Å²) in [6, 6.07) is 6.59. The molecule has 0 aliphatic heterocycles. The normalized spacial score (nSPS) is 11.0. The molecule has 1 heterocycles. The summed E-state index contributed by atoms with van der Waals surface area (Å²) < 4.78 is 0. The van der Waals surface area contributed by atoms with Gasteiger partial charge in [0.05, 0.1) is 5.69 Å². The molecule has 2 aromatic rings. The van der Waals surface area contributed by atoms with Crippen molar-refractivity contribution in [2.75, 3.05) is 11.9 Å². The average Bonchev–Trinajstić information content (AvgIpc) is 2.43. The van der Waals surface area contributed by atoms with Gasteiger partial charge in [-0.1, -0.05) is 38.0 Å². The molecular weight excluding hydrogens is 258 g/mol. The summed E-state index contributed by atoms with van der Waals surface area (Å²) in [5.41, 5.74) is 5.96. The Labute approximate surface area is 127 Å². The van der Waals surface area contributed by atoms with Crippen molar-refractivity contribution in [3.05, 3.63) is 41.2 Å². The van der Waals surface area contributed by atoms with Crippen LogP contribution in [-0.2, 0) is 0 Å². The fraction of sp³-hybridized carbons (Fsp3) is 0.444. The van der Waals surface area contributed by atoms with E-state index in [1.165, 1.54) is 22.3 Å². The van der Waals surface area contributed by atoms with Gasteiger partial charge in [-0.05, 0) is 38.3 Å². The highest BCUT2D eigenvalue weighted by Gasteiger charge is 2.16. The van der Waals surface area contributed by atoms with Crippen LogP contribution in [0.25, 0.3) is 11.3 Å². The molecule has 0 unspecified atom stereocenters. The summed E-state index contributed by atoms with van der Waals surface area (Å²) in [6.07, 6.45) is 2.75. The Hall–Kier alpha value is -1.90. The number of rotatable bonds is 5. The Morgan fingerprint density at radius 2 is 1.71 bits per heavy atom. The molecule has 0 aliphatic carbocycles. The number of nitrogens with zero attached hydrogens (tertiary/aromatic N) is 2. The lowest BCUT2D eigenvalue weighted by atomic mass is 9.95. The fourth-order valence-electron chi connectivity index (χ4n) is 2.67. The van der Waals surface area contributed by atoms with Gasteiger partial charge in [0.25, 0.3) is 0 Å². The first kappa shape index (κ1) is 15.5. The predicted octanol–water partition coefficient (Wildman–Crippen LogP) is 4.71. The Morgan fingerprint density at radius 3 is 2.29 bits per heavy atom. The minimum Gasteiger partial charge on any atom is -0.370 e. The lowest BCUT2D eigenvalue weighted by Crippen LogP contribution is -2.09. The number of aryl methyl sites for hydroxylation is 2. The van der Waals surface area contributed by atoms with Crippen molar-refractivity contribution in [3.8, 4) is 11.3 Å². The number of nitrogens with one attached hydrogen (secondary N) is 1. The maximum absolute atomic E-state index is 4.57. The van der Waals surface area contributed by atoms with Gasteiger partial charge in [-0.25, -0.2) is 9.97 Å². The van der Waals surface area contributed by atoms with Crippen LogP contribution in [0.1, 0.15) is 49.8 Å². The number of anilines is 1. The van der Waals surface area contributed by atoms with Crippen molar-refractivity contribution in [1.29, 1.82) is 0 Å². The predicted molar refractivity (Wildman–Crippen MR) is 89.8 cm³/mol. The molecule has 0 atom stereocenters. The highest BCUT2D eigenvalue weighted by atomic mass is 15.0. The topological polar surface area (TPSA) is 37.8 Å². The SMILES string of the molecule is CCCNc1ncnc(-c2cc(C)cc(C)c2)c1C(C)C. The molecule has 0 fully saturated rings. The maximum atomic E-state index is 4.57. The van der Waals surface area contributed by atoms with Crippen LogP contribution in [0, 0.1) is 13.8 Å². The van der Waals surface area contributed by atoms with E-state index in [0.717, 1.165) is 24.5 Å². The second kappa shape index (κ2) is 6.70. The zero-order chi connectivity index (χ0) is 15.4. The van der Waals surface area contributed by atoms with Gasteiger partial charge in [-0.2, -0.15) is 0 Å². The highest BCUT2D eigenvalue weighted by Crippen LogP contribution is 2.32. The molecule has 0 saturated carbocycles. The van der Waals surface area contributed by atoms with E-state index < -0.39 is 0 Å². The largest absolute Gasteiger partial charge is 0.370 e. The first-order chi connectivity index (χ1) is 10.0. The van der Waals surface area contributed by atoms with E-state index in [1.807, 2.05) is 0 Å². The van der Waals surface area contributed by atoms with Crippen molar-refractivity contribution < 1.29 is 0 Å². The third-order valence-corrected chi connectivity index (χ3v) is 3.50. The molecular formula is C18H25N3. The van der Waals surface area contributed by atoms with Crippen molar-refractivity contribution in [3.63, 3.8) is 0 Å². The molecule has 0 bridgehead atoms. The molecule has 112 valence electrons. The summed E-state index contributed by atoms with van der Waals surface area (Å²) in [6.45, 7) is 11.7. The van der Waals surface area contributed by atoms with E-state index in [2.05, 4.69) is 68.1 Å². The van der Waals surface area contributed by atoms with Crippen LogP contribution >= 0.6 is 0 Å². The monoisotopic (exact) mass is 283 g/mol. The van der Waals surface area contributed by atoms with E-state index in [9.17, 15) is 0 Å². The lowest BCUT2D eigenvalue weighted by molar-refractivity contribution is 0.844. The number of benzene rings is 1. The van der Waals surface area contributed by atoms with Crippen molar-refractivity contribution in [2.45, 2.75) is 47.0 Å². The van der Waals surface area contributed by atoms with Crippen LogP contribution in [0.4, 0.5) is 5.82 Å². The Kier molecular flexibility index (Phi) is 4.94. The molecule has 3 heteroatoms. The van der Waals surface area contributed by atoms with Crippen molar-refractivity contribution in [1.82, 2.24) is 9.97 Å². The van der Waals surface area contributed by atoms with E-state index in [-0.39, 0.29) is 0 Å². The minimum atomic E-state index is 0.376. The highest BCUT2D eigenvalue weighted by molar-refractivity contribution is 5.70. The summed E-state index contributed by atoms with van der Waals surface area (Å²) >= 11 is 0. The van der Waals surface area contributed by atoms with Crippen molar-refractivity contribution in [2.24, 2.45) is 0 Å². The van der Waals surface area contributed by atoms with Gasteiger partial charge in [0.1, 0.15) is 12.1 Å². The molecule has 1 N–H and O–H groups in total. The van der Waals surface area contributed by atoms with Gasteiger partial charge in [-0.15, -0.1) is 0 Å². The van der Waals surface area contributed by atoms with E-state index in [4.69, 9.17) is 0 Å². The second-order valence-electron chi connectivity index (χ2n) is 5.94. The maximum Gasteiger partial charge on any atom is 0.133 e. The molecule has 1 aromatic heterocycles. The number of hydrogen-bond acceptors (Lipinski definition) is 3. The van der Waals surface area contributed by atoms with Gasteiger partial charge in [-0.3, -0.25) is 0 Å². The van der Waals surface area contributed by atoms with Gasteiger partial charge in [0.2, 0.25) is 0 Å². The molecule has 2 rings (SSSR count). The molecule has 0 amide bonds. The number of aromatic nitrogens is 2. The Balaban J connectivity index is 2.56. The molecule has 0 saturated heterocycles. The van der Waals surface area contributed by atoms with Crippen LogP contribution in [0.15, 0.2) is 24.5 Å². The number of hydrogen-bond donors (Lipinski definition) is 1. The first-order valence-corrected chi connectivity index (χ1v) is 7.70. The van der Waals surface area contributed by atoms with E-state index >= 15 is 0 Å². The third kappa shape index (κ3) is 3.60. The smallest absolute Gasteiger partial charge is 0.133 e. The molecule has 3 nitrogen and oxygen atoms in total. The summed E-state index contributed by atoms with van der Waals surface area (Å²) in [5, 5.41) is 3.43. The second-order valence-corrected chi connectivity index (χ2v) is 5.94. The van der Waals surface area contributed by atoms with E-state index in [0.29, 0.717) is 5.92 Å². The van der Waals surface area contributed by atoms with Crippen LogP contribution in [0.3, 0.4) is 0 Å². The summed E-state index contributed by atoms with van der Waals surface area (Å²) in [4.78, 5) is 9.02. The lowest BCUT2D eigenvalue weighted by Gasteiger charge is -2.17. The average molecular weight is 283 g/mol. The molecule has 0 spiro atoms.